The van der Waals surface area contributed by atoms with Crippen molar-refractivity contribution in [3.63, 3.8) is 0 Å². The van der Waals surface area contributed by atoms with Crippen LogP contribution in [0.4, 0.5) is 4.39 Å². The minimum Gasteiger partial charge on any atom is -0.323 e. The average Bonchev–Trinajstić information content (AvgIpc) is 2.70. The van der Waals surface area contributed by atoms with Gasteiger partial charge in [0.15, 0.2) is 0 Å². The quantitative estimate of drug-likeness (QED) is 0.867. The third-order valence-corrected chi connectivity index (χ3v) is 4.43. The van der Waals surface area contributed by atoms with Gasteiger partial charge in [0, 0.05) is 11.6 Å². The molecule has 0 radical (unpaired) electrons. The topological polar surface area (TPSA) is 26.0 Å². The Morgan fingerprint density at radius 1 is 1.38 bits per heavy atom. The van der Waals surface area contributed by atoms with E-state index in [0.717, 1.165) is 12.8 Å². The zero-order valence-electron chi connectivity index (χ0n) is 9.47. The molecule has 1 aliphatic rings. The van der Waals surface area contributed by atoms with Crippen LogP contribution in [0.15, 0.2) is 22.7 Å². The molecule has 0 aliphatic heterocycles. The lowest BCUT2D eigenvalue weighted by molar-refractivity contribution is 0.260. The smallest absolute Gasteiger partial charge is 0.142 e. The van der Waals surface area contributed by atoms with Crippen molar-refractivity contribution < 1.29 is 4.39 Å². The summed E-state index contributed by atoms with van der Waals surface area (Å²) in [4.78, 5) is 0. The predicted molar refractivity (Wildman–Crippen MR) is 67.6 cm³/mol. The second kappa shape index (κ2) is 4.46. The third-order valence-electron chi connectivity index (χ3n) is 3.81. The molecular formula is C13H17BrFN. The molecule has 1 unspecified atom stereocenters. The van der Waals surface area contributed by atoms with Crippen molar-refractivity contribution in [3.8, 4) is 0 Å². The first-order valence-corrected chi connectivity index (χ1v) is 6.53. The van der Waals surface area contributed by atoms with Gasteiger partial charge in [-0.15, -0.1) is 0 Å². The Hall–Kier alpha value is -0.410. The lowest BCUT2D eigenvalue weighted by Crippen LogP contribution is -2.30. The fourth-order valence-electron chi connectivity index (χ4n) is 2.63. The first kappa shape index (κ1) is 12.1. The Morgan fingerprint density at radius 2 is 2.00 bits per heavy atom. The zero-order valence-corrected chi connectivity index (χ0v) is 11.1. The summed E-state index contributed by atoms with van der Waals surface area (Å²) in [5.41, 5.74) is 6.94. The summed E-state index contributed by atoms with van der Waals surface area (Å²) in [5, 5.41) is 0. The number of halogens is 2. The van der Waals surface area contributed by atoms with Crippen LogP contribution in [-0.2, 0) is 0 Å². The second-order valence-electron chi connectivity index (χ2n) is 4.98. The van der Waals surface area contributed by atoms with Gasteiger partial charge in [0.1, 0.15) is 5.82 Å². The summed E-state index contributed by atoms with van der Waals surface area (Å²) < 4.78 is 14.5. The van der Waals surface area contributed by atoms with Crippen LogP contribution in [0.5, 0.6) is 0 Å². The van der Waals surface area contributed by atoms with Gasteiger partial charge < -0.3 is 5.73 Å². The lowest BCUT2D eigenvalue weighted by Gasteiger charge is -2.31. The fourth-order valence-corrected chi connectivity index (χ4v) is 3.01. The summed E-state index contributed by atoms with van der Waals surface area (Å²) in [7, 11) is 0. The standard InChI is InChI=1S/C13H17BrFN/c1-13(7-2-3-8-13)12(16)9-5-4-6-10(14)11(9)15/h4-6,12H,2-3,7-8,16H2,1H3. The Morgan fingerprint density at radius 3 is 2.62 bits per heavy atom. The fraction of sp³-hybridized carbons (Fsp3) is 0.538. The Bertz CT molecular complexity index is 386. The minimum absolute atomic E-state index is 0.0572. The SMILES string of the molecule is CC1(C(N)c2cccc(Br)c2F)CCCC1. The van der Waals surface area contributed by atoms with Crippen molar-refractivity contribution in [1.82, 2.24) is 0 Å². The third kappa shape index (κ3) is 2.03. The maximum Gasteiger partial charge on any atom is 0.142 e. The van der Waals surface area contributed by atoms with Gasteiger partial charge >= 0.3 is 0 Å². The first-order chi connectivity index (χ1) is 7.54. The minimum atomic E-state index is -0.205. The van der Waals surface area contributed by atoms with Crippen molar-refractivity contribution in [2.24, 2.45) is 11.1 Å². The maximum absolute atomic E-state index is 13.9. The molecule has 0 bridgehead atoms. The lowest BCUT2D eigenvalue weighted by atomic mass is 9.78. The van der Waals surface area contributed by atoms with Crippen LogP contribution in [0, 0.1) is 11.2 Å². The van der Waals surface area contributed by atoms with Gasteiger partial charge in [-0.1, -0.05) is 31.9 Å². The molecule has 2 rings (SSSR count). The average molecular weight is 286 g/mol. The van der Waals surface area contributed by atoms with Crippen LogP contribution in [0.1, 0.15) is 44.2 Å². The van der Waals surface area contributed by atoms with Crippen LogP contribution in [0.2, 0.25) is 0 Å². The molecule has 1 nitrogen and oxygen atoms in total. The van der Waals surface area contributed by atoms with E-state index in [1.54, 1.807) is 12.1 Å². The molecule has 0 spiro atoms. The van der Waals surface area contributed by atoms with Crippen LogP contribution in [0.25, 0.3) is 0 Å². The zero-order chi connectivity index (χ0) is 11.8. The molecule has 1 atom stereocenters. The first-order valence-electron chi connectivity index (χ1n) is 5.74. The molecule has 1 aromatic carbocycles. The number of benzene rings is 1. The predicted octanol–water partition coefficient (Wildman–Crippen LogP) is 4.17. The molecule has 1 aliphatic carbocycles. The molecule has 16 heavy (non-hydrogen) atoms. The van der Waals surface area contributed by atoms with Gasteiger partial charge in [-0.05, 0) is 40.3 Å². The molecular weight excluding hydrogens is 269 g/mol. The van der Waals surface area contributed by atoms with Gasteiger partial charge in [-0.2, -0.15) is 0 Å². The molecule has 1 aromatic rings. The van der Waals surface area contributed by atoms with Crippen molar-refractivity contribution in [1.29, 1.82) is 0 Å². The van der Waals surface area contributed by atoms with E-state index in [-0.39, 0.29) is 17.3 Å². The second-order valence-corrected chi connectivity index (χ2v) is 5.84. The van der Waals surface area contributed by atoms with E-state index >= 15 is 0 Å². The molecule has 0 saturated heterocycles. The highest BCUT2D eigenvalue weighted by molar-refractivity contribution is 9.10. The number of hydrogen-bond acceptors (Lipinski definition) is 1. The van der Waals surface area contributed by atoms with Gasteiger partial charge in [-0.25, -0.2) is 4.39 Å². The number of hydrogen-bond donors (Lipinski definition) is 1. The summed E-state index contributed by atoms with van der Waals surface area (Å²) in [6, 6.07) is 5.16. The molecule has 0 heterocycles. The normalized spacial score (nSPS) is 21.0. The van der Waals surface area contributed by atoms with E-state index in [2.05, 4.69) is 22.9 Å². The van der Waals surface area contributed by atoms with Crippen LogP contribution < -0.4 is 5.73 Å². The Labute approximate surface area is 104 Å². The monoisotopic (exact) mass is 285 g/mol. The summed E-state index contributed by atoms with van der Waals surface area (Å²) >= 11 is 3.21. The van der Waals surface area contributed by atoms with E-state index in [1.165, 1.54) is 12.8 Å². The summed E-state index contributed by atoms with van der Waals surface area (Å²) in [6.07, 6.45) is 4.61. The maximum atomic E-state index is 13.9. The van der Waals surface area contributed by atoms with E-state index in [0.29, 0.717) is 10.0 Å². The molecule has 2 N–H and O–H groups in total. The molecule has 3 heteroatoms. The van der Waals surface area contributed by atoms with E-state index < -0.39 is 0 Å². The molecule has 88 valence electrons. The van der Waals surface area contributed by atoms with Crippen molar-refractivity contribution >= 4 is 15.9 Å². The number of nitrogens with two attached hydrogens (primary N) is 1. The van der Waals surface area contributed by atoms with E-state index in [4.69, 9.17) is 5.73 Å². The largest absolute Gasteiger partial charge is 0.323 e. The van der Waals surface area contributed by atoms with Crippen LogP contribution in [0.3, 0.4) is 0 Å². The van der Waals surface area contributed by atoms with Gasteiger partial charge in [0.05, 0.1) is 4.47 Å². The summed E-state index contributed by atoms with van der Waals surface area (Å²) in [6.45, 7) is 2.17. The van der Waals surface area contributed by atoms with Crippen molar-refractivity contribution in [2.45, 2.75) is 38.6 Å². The Kier molecular flexibility index (Phi) is 3.36. The highest BCUT2D eigenvalue weighted by Crippen LogP contribution is 2.46. The highest BCUT2D eigenvalue weighted by atomic mass is 79.9. The van der Waals surface area contributed by atoms with Gasteiger partial charge in [0.2, 0.25) is 0 Å². The molecule has 1 saturated carbocycles. The van der Waals surface area contributed by atoms with Crippen LogP contribution in [-0.4, -0.2) is 0 Å². The molecule has 1 fully saturated rings. The molecule has 0 amide bonds. The van der Waals surface area contributed by atoms with Gasteiger partial charge in [-0.3, -0.25) is 0 Å². The van der Waals surface area contributed by atoms with E-state index in [9.17, 15) is 4.39 Å². The van der Waals surface area contributed by atoms with E-state index in [1.807, 2.05) is 6.07 Å². The number of rotatable bonds is 2. The van der Waals surface area contributed by atoms with Crippen LogP contribution >= 0.6 is 15.9 Å². The van der Waals surface area contributed by atoms with Crippen molar-refractivity contribution in [3.05, 3.63) is 34.1 Å². The Balaban J connectivity index is 2.33. The molecule has 0 aromatic heterocycles. The van der Waals surface area contributed by atoms with Crippen molar-refractivity contribution in [2.75, 3.05) is 0 Å². The van der Waals surface area contributed by atoms with Gasteiger partial charge in [0.25, 0.3) is 0 Å². The summed E-state index contributed by atoms with van der Waals surface area (Å²) in [5.74, 6) is -0.205. The highest BCUT2D eigenvalue weighted by Gasteiger charge is 2.36.